The molecule has 0 saturated carbocycles. The number of ether oxygens (including phenoxy) is 1. The number of carbonyl (C=O) groups excluding carboxylic acids is 1. The molecule has 0 fully saturated rings. The lowest BCUT2D eigenvalue weighted by Gasteiger charge is -2.11. The van der Waals surface area contributed by atoms with Crippen LogP contribution in [0.1, 0.15) is 15.9 Å². The lowest BCUT2D eigenvalue weighted by molar-refractivity contribution is 0.102. The molecule has 26 heavy (non-hydrogen) atoms. The number of nitrogens with zero attached hydrogens (tertiary/aromatic N) is 1. The largest absolute Gasteiger partial charge is 0.495 e. The first-order chi connectivity index (χ1) is 12.6. The molecule has 3 aromatic rings. The fourth-order valence-electron chi connectivity index (χ4n) is 2.43. The third kappa shape index (κ3) is 3.95. The first kappa shape index (κ1) is 17.8. The van der Waals surface area contributed by atoms with Gasteiger partial charge in [-0.2, -0.15) is 0 Å². The van der Waals surface area contributed by atoms with Crippen LogP contribution in [-0.2, 0) is 0 Å². The minimum atomic E-state index is -0.244. The van der Waals surface area contributed by atoms with E-state index in [0.29, 0.717) is 27.8 Å². The van der Waals surface area contributed by atoms with Gasteiger partial charge >= 0.3 is 0 Å². The Morgan fingerprint density at radius 1 is 1.04 bits per heavy atom. The first-order valence-corrected chi connectivity index (χ1v) is 8.39. The lowest BCUT2D eigenvalue weighted by Crippen LogP contribution is -2.13. The number of hydrogen-bond donors (Lipinski definition) is 2. The van der Waals surface area contributed by atoms with Gasteiger partial charge in [0.1, 0.15) is 11.6 Å². The van der Waals surface area contributed by atoms with Crippen molar-refractivity contribution in [2.45, 2.75) is 6.92 Å². The standard InChI is InChI=1S/C20H18ClN3O2/c1-13-15(21)6-5-8-16(13)24-20(25)14-10-11-19(22-12-14)23-17-7-3-4-9-18(17)26-2/h3-12H,1-2H3,(H,22,23)(H,24,25). The van der Waals surface area contributed by atoms with E-state index in [0.717, 1.165) is 11.3 Å². The van der Waals surface area contributed by atoms with Crippen molar-refractivity contribution in [1.82, 2.24) is 4.98 Å². The average molecular weight is 368 g/mol. The minimum Gasteiger partial charge on any atom is -0.495 e. The highest BCUT2D eigenvalue weighted by Gasteiger charge is 2.10. The summed E-state index contributed by atoms with van der Waals surface area (Å²) in [5.41, 5.74) is 2.76. The zero-order valence-electron chi connectivity index (χ0n) is 14.4. The maximum absolute atomic E-state index is 12.4. The second-order valence-electron chi connectivity index (χ2n) is 5.62. The van der Waals surface area contributed by atoms with Gasteiger partial charge in [0.05, 0.1) is 18.4 Å². The number of amides is 1. The van der Waals surface area contributed by atoms with Gasteiger partial charge in [-0.3, -0.25) is 4.79 Å². The molecule has 0 saturated heterocycles. The molecule has 5 nitrogen and oxygen atoms in total. The Kier molecular flexibility index (Phi) is 5.39. The molecule has 3 rings (SSSR count). The van der Waals surface area contributed by atoms with Crippen molar-refractivity contribution in [2.75, 3.05) is 17.7 Å². The Morgan fingerprint density at radius 3 is 2.54 bits per heavy atom. The second kappa shape index (κ2) is 7.89. The summed E-state index contributed by atoms with van der Waals surface area (Å²) in [6.07, 6.45) is 1.52. The number of nitrogens with one attached hydrogen (secondary N) is 2. The molecule has 0 aliphatic carbocycles. The first-order valence-electron chi connectivity index (χ1n) is 8.01. The van der Waals surface area contributed by atoms with Crippen LogP contribution < -0.4 is 15.4 Å². The van der Waals surface area contributed by atoms with Crippen LogP contribution in [0.2, 0.25) is 5.02 Å². The third-order valence-corrected chi connectivity index (χ3v) is 4.32. The maximum atomic E-state index is 12.4. The van der Waals surface area contributed by atoms with Crippen LogP contribution in [-0.4, -0.2) is 18.0 Å². The quantitative estimate of drug-likeness (QED) is 0.662. The van der Waals surface area contributed by atoms with E-state index in [1.807, 2.05) is 37.3 Å². The third-order valence-electron chi connectivity index (χ3n) is 3.91. The summed E-state index contributed by atoms with van der Waals surface area (Å²) in [5.74, 6) is 1.09. The highest BCUT2D eigenvalue weighted by molar-refractivity contribution is 6.31. The van der Waals surface area contributed by atoms with Crippen LogP contribution in [0.25, 0.3) is 0 Å². The minimum absolute atomic E-state index is 0.244. The molecule has 6 heteroatoms. The Balaban J connectivity index is 1.73. The molecule has 0 radical (unpaired) electrons. The molecular weight excluding hydrogens is 350 g/mol. The van der Waals surface area contributed by atoms with Gasteiger partial charge in [-0.05, 0) is 48.9 Å². The summed E-state index contributed by atoms with van der Waals surface area (Å²) in [4.78, 5) is 16.7. The van der Waals surface area contributed by atoms with Crippen LogP contribution >= 0.6 is 11.6 Å². The number of pyridine rings is 1. The van der Waals surface area contributed by atoms with Gasteiger partial charge in [-0.15, -0.1) is 0 Å². The Labute approximate surface area is 157 Å². The van der Waals surface area contributed by atoms with E-state index in [1.54, 1.807) is 31.4 Å². The highest BCUT2D eigenvalue weighted by atomic mass is 35.5. The van der Waals surface area contributed by atoms with Gasteiger partial charge in [0.15, 0.2) is 0 Å². The van der Waals surface area contributed by atoms with Gasteiger partial charge in [0.25, 0.3) is 5.91 Å². The molecular formula is C20H18ClN3O2. The number of anilines is 3. The van der Waals surface area contributed by atoms with Crippen molar-refractivity contribution in [3.63, 3.8) is 0 Å². The summed E-state index contributed by atoms with van der Waals surface area (Å²) in [6.45, 7) is 1.86. The van der Waals surface area contributed by atoms with Crippen LogP contribution in [0.15, 0.2) is 60.8 Å². The summed E-state index contributed by atoms with van der Waals surface area (Å²) < 4.78 is 5.30. The molecule has 132 valence electrons. The number of benzene rings is 2. The van der Waals surface area contributed by atoms with Crippen LogP contribution in [0.4, 0.5) is 17.2 Å². The van der Waals surface area contributed by atoms with Gasteiger partial charge < -0.3 is 15.4 Å². The number of methoxy groups -OCH3 is 1. The maximum Gasteiger partial charge on any atom is 0.257 e. The second-order valence-corrected chi connectivity index (χ2v) is 6.03. The van der Waals surface area contributed by atoms with E-state index in [1.165, 1.54) is 6.20 Å². The van der Waals surface area contributed by atoms with Gasteiger partial charge in [0, 0.05) is 16.9 Å². The van der Waals surface area contributed by atoms with Crippen molar-refractivity contribution in [3.05, 3.63) is 76.9 Å². The van der Waals surface area contributed by atoms with E-state index in [2.05, 4.69) is 15.6 Å². The molecule has 2 N–H and O–H groups in total. The number of rotatable bonds is 5. The fraction of sp³-hybridized carbons (Fsp3) is 0.100. The van der Waals surface area contributed by atoms with Gasteiger partial charge in [-0.1, -0.05) is 29.8 Å². The molecule has 1 heterocycles. The number of carbonyl (C=O) groups is 1. The summed E-state index contributed by atoms with van der Waals surface area (Å²) in [7, 11) is 1.61. The molecule has 2 aromatic carbocycles. The molecule has 0 atom stereocenters. The molecule has 0 bridgehead atoms. The van der Waals surface area contributed by atoms with Crippen molar-refractivity contribution < 1.29 is 9.53 Å². The van der Waals surface area contributed by atoms with E-state index in [9.17, 15) is 4.79 Å². The predicted molar refractivity (Wildman–Crippen MR) is 105 cm³/mol. The van der Waals surface area contributed by atoms with Gasteiger partial charge in [-0.25, -0.2) is 4.98 Å². The predicted octanol–water partition coefficient (Wildman–Crippen LogP) is 5.05. The summed E-state index contributed by atoms with van der Waals surface area (Å²) in [5, 5.41) is 6.63. The Hall–Kier alpha value is -3.05. The Morgan fingerprint density at radius 2 is 1.81 bits per heavy atom. The smallest absolute Gasteiger partial charge is 0.257 e. The number of aromatic nitrogens is 1. The van der Waals surface area contributed by atoms with E-state index >= 15 is 0 Å². The van der Waals surface area contributed by atoms with Crippen molar-refractivity contribution in [2.24, 2.45) is 0 Å². The zero-order chi connectivity index (χ0) is 18.5. The molecule has 0 aliphatic rings. The van der Waals surface area contributed by atoms with E-state index in [4.69, 9.17) is 16.3 Å². The average Bonchev–Trinajstić information content (AvgIpc) is 2.66. The van der Waals surface area contributed by atoms with Crippen LogP contribution in [0.3, 0.4) is 0 Å². The lowest BCUT2D eigenvalue weighted by atomic mass is 10.2. The van der Waals surface area contributed by atoms with E-state index in [-0.39, 0.29) is 5.91 Å². The SMILES string of the molecule is COc1ccccc1Nc1ccc(C(=O)Nc2cccc(Cl)c2C)cn1. The molecule has 0 aliphatic heterocycles. The van der Waals surface area contributed by atoms with E-state index < -0.39 is 0 Å². The van der Waals surface area contributed by atoms with Crippen LogP contribution in [0.5, 0.6) is 5.75 Å². The molecule has 1 amide bonds. The van der Waals surface area contributed by atoms with Gasteiger partial charge in [0.2, 0.25) is 0 Å². The molecule has 0 spiro atoms. The number of para-hydroxylation sites is 2. The zero-order valence-corrected chi connectivity index (χ0v) is 15.2. The fourth-order valence-corrected chi connectivity index (χ4v) is 2.60. The van der Waals surface area contributed by atoms with Crippen molar-refractivity contribution in [3.8, 4) is 5.75 Å². The number of hydrogen-bond acceptors (Lipinski definition) is 4. The summed E-state index contributed by atoms with van der Waals surface area (Å²) >= 11 is 6.08. The monoisotopic (exact) mass is 367 g/mol. The normalized spacial score (nSPS) is 10.3. The topological polar surface area (TPSA) is 63.2 Å². The molecule has 0 unspecified atom stereocenters. The van der Waals surface area contributed by atoms with Crippen LogP contribution in [0, 0.1) is 6.92 Å². The van der Waals surface area contributed by atoms with Crippen molar-refractivity contribution in [1.29, 1.82) is 0 Å². The molecule has 1 aromatic heterocycles. The number of halogens is 1. The van der Waals surface area contributed by atoms with Crippen molar-refractivity contribution >= 4 is 34.7 Å². The Bertz CT molecular complexity index is 927. The highest BCUT2D eigenvalue weighted by Crippen LogP contribution is 2.26. The summed E-state index contributed by atoms with van der Waals surface area (Å²) in [6, 6.07) is 16.4.